The van der Waals surface area contributed by atoms with Gasteiger partial charge in [0, 0.05) is 12.8 Å². The van der Waals surface area contributed by atoms with Gasteiger partial charge in [-0.3, -0.25) is 14.4 Å². The fourth-order valence-corrected chi connectivity index (χ4v) is 2.56. The van der Waals surface area contributed by atoms with Crippen LogP contribution in [0.25, 0.3) is 0 Å². The van der Waals surface area contributed by atoms with Gasteiger partial charge in [0.15, 0.2) is 11.6 Å². The van der Waals surface area contributed by atoms with E-state index in [1.807, 2.05) is 0 Å². The van der Waals surface area contributed by atoms with Crippen LogP contribution >= 0.6 is 0 Å². The smallest absolute Gasteiger partial charge is 0.151 e. The second-order valence-electron chi connectivity index (χ2n) is 4.85. The lowest BCUT2D eigenvalue weighted by molar-refractivity contribution is -0.141. The summed E-state index contributed by atoms with van der Waals surface area (Å²) in [6, 6.07) is 3.91. The van der Waals surface area contributed by atoms with Crippen molar-refractivity contribution < 1.29 is 18.8 Å². The van der Waals surface area contributed by atoms with Crippen molar-refractivity contribution in [1.82, 2.24) is 0 Å². The van der Waals surface area contributed by atoms with Gasteiger partial charge in [0.2, 0.25) is 0 Å². The van der Waals surface area contributed by atoms with Crippen molar-refractivity contribution in [3.63, 3.8) is 0 Å². The molecule has 0 N–H and O–H groups in total. The maximum Gasteiger partial charge on any atom is 0.151 e. The van der Waals surface area contributed by atoms with E-state index in [0.717, 1.165) is 0 Å². The van der Waals surface area contributed by atoms with Crippen molar-refractivity contribution in [1.29, 1.82) is 0 Å². The summed E-state index contributed by atoms with van der Waals surface area (Å²) in [5.41, 5.74) is 0.817. The molecule has 1 aliphatic carbocycles. The van der Waals surface area contributed by atoms with Crippen molar-refractivity contribution in [2.75, 3.05) is 0 Å². The van der Waals surface area contributed by atoms with Crippen LogP contribution in [0, 0.1) is 11.7 Å². The van der Waals surface area contributed by atoms with Gasteiger partial charge in [-0.25, -0.2) is 4.39 Å². The Labute approximate surface area is 111 Å². The molecule has 2 rings (SSSR count). The van der Waals surface area contributed by atoms with Crippen molar-refractivity contribution >= 4 is 30.7 Å². The number of carbonyl (C=O) groups excluding carboxylic acids is 3. The van der Waals surface area contributed by atoms with Crippen LogP contribution in [0.1, 0.15) is 31.2 Å². The number of Topliss-reactive ketones (excluding diaryl/α,β-unsaturated/α-hetero) is 3. The van der Waals surface area contributed by atoms with Crippen LogP contribution in [0.2, 0.25) is 0 Å². The monoisotopic (exact) mass is 258 g/mol. The number of ketones is 3. The topological polar surface area (TPSA) is 51.2 Å². The molecule has 0 amide bonds. The zero-order valence-electron chi connectivity index (χ0n) is 10.5. The van der Waals surface area contributed by atoms with Crippen LogP contribution in [-0.2, 0) is 14.4 Å². The predicted molar refractivity (Wildman–Crippen MR) is 67.9 cm³/mol. The Hall–Kier alpha value is -1.78. The van der Waals surface area contributed by atoms with Crippen LogP contribution < -0.4 is 5.46 Å². The van der Waals surface area contributed by atoms with Crippen molar-refractivity contribution in [3.8, 4) is 0 Å². The molecule has 0 saturated heterocycles. The summed E-state index contributed by atoms with van der Waals surface area (Å²) in [6.45, 7) is 1.24. The first-order chi connectivity index (χ1) is 8.90. The molecule has 0 heterocycles. The molecule has 0 atom stereocenters. The van der Waals surface area contributed by atoms with Crippen LogP contribution in [0.4, 0.5) is 4.39 Å². The Morgan fingerprint density at radius 1 is 1.26 bits per heavy atom. The highest BCUT2D eigenvalue weighted by Gasteiger charge is 2.38. The summed E-state index contributed by atoms with van der Waals surface area (Å²) < 4.78 is 13.0. The minimum atomic E-state index is -1.13. The number of carbonyl (C=O) groups is 3. The number of benzene rings is 1. The molecule has 1 aromatic carbocycles. The Bertz CT molecular complexity index is 550. The van der Waals surface area contributed by atoms with Gasteiger partial charge >= 0.3 is 0 Å². The molecule has 0 unspecified atom stereocenters. The van der Waals surface area contributed by atoms with E-state index < -0.39 is 17.5 Å². The summed E-state index contributed by atoms with van der Waals surface area (Å²) in [5, 5.41) is 0. The third kappa shape index (κ3) is 2.65. The maximum absolute atomic E-state index is 13.0. The van der Waals surface area contributed by atoms with Gasteiger partial charge in [-0.1, -0.05) is 17.1 Å². The third-order valence-corrected chi connectivity index (χ3v) is 3.43. The van der Waals surface area contributed by atoms with Crippen LogP contribution in [0.5, 0.6) is 0 Å². The fourth-order valence-electron chi connectivity index (χ4n) is 2.56. The molecule has 1 fully saturated rings. The third-order valence-electron chi connectivity index (χ3n) is 3.43. The zero-order valence-corrected chi connectivity index (χ0v) is 10.5. The highest BCUT2D eigenvalue weighted by molar-refractivity contribution is 6.33. The van der Waals surface area contributed by atoms with E-state index in [2.05, 4.69) is 0 Å². The summed E-state index contributed by atoms with van der Waals surface area (Å²) in [6.07, 6.45) is 0.178. The van der Waals surface area contributed by atoms with Gasteiger partial charge in [-0.15, -0.1) is 0 Å². The summed E-state index contributed by atoms with van der Waals surface area (Å²) >= 11 is 0. The molecular formula is C14H12BFO3. The molecule has 0 aromatic heterocycles. The van der Waals surface area contributed by atoms with E-state index in [0.29, 0.717) is 5.56 Å². The van der Waals surface area contributed by atoms with E-state index in [4.69, 9.17) is 7.85 Å². The Kier molecular flexibility index (Phi) is 3.65. The molecule has 5 heteroatoms. The maximum atomic E-state index is 13.0. The van der Waals surface area contributed by atoms with E-state index in [1.54, 1.807) is 0 Å². The van der Waals surface area contributed by atoms with Crippen LogP contribution in [0.15, 0.2) is 18.2 Å². The number of halogens is 1. The molecule has 3 nitrogen and oxygen atoms in total. The molecule has 96 valence electrons. The van der Waals surface area contributed by atoms with E-state index >= 15 is 0 Å². The summed E-state index contributed by atoms with van der Waals surface area (Å²) in [4.78, 5) is 35.0. The second kappa shape index (κ2) is 5.07. The molecule has 2 radical (unpaired) electrons. The van der Waals surface area contributed by atoms with Gasteiger partial charge in [-0.2, -0.15) is 0 Å². The van der Waals surface area contributed by atoms with Crippen molar-refractivity contribution in [3.05, 3.63) is 29.6 Å². The molecule has 0 bridgehead atoms. The number of hydrogen-bond donors (Lipinski definition) is 0. The molecule has 0 aliphatic heterocycles. The van der Waals surface area contributed by atoms with Crippen molar-refractivity contribution in [2.45, 2.75) is 25.7 Å². The first kappa shape index (κ1) is 13.7. The summed E-state index contributed by atoms with van der Waals surface area (Å²) in [5.74, 6) is -3.12. The van der Waals surface area contributed by atoms with E-state index in [1.165, 1.54) is 25.1 Å². The minimum Gasteiger partial charge on any atom is -0.299 e. The quantitative estimate of drug-likeness (QED) is 0.583. The lowest BCUT2D eigenvalue weighted by Crippen LogP contribution is -2.38. The first-order valence-electron chi connectivity index (χ1n) is 6.01. The average molecular weight is 258 g/mol. The number of hydrogen-bond acceptors (Lipinski definition) is 3. The van der Waals surface area contributed by atoms with E-state index in [-0.39, 0.29) is 35.8 Å². The normalized spacial score (nSPS) is 23.5. The highest BCUT2D eigenvalue weighted by Crippen LogP contribution is 2.31. The summed E-state index contributed by atoms with van der Waals surface area (Å²) in [7, 11) is 5.71. The van der Waals surface area contributed by atoms with Crippen LogP contribution in [0.3, 0.4) is 0 Å². The molecule has 19 heavy (non-hydrogen) atoms. The predicted octanol–water partition coefficient (Wildman–Crippen LogP) is 0.840. The minimum absolute atomic E-state index is 0.0891. The lowest BCUT2D eigenvalue weighted by atomic mass is 9.72. The average Bonchev–Trinajstić information content (AvgIpc) is 2.26. The van der Waals surface area contributed by atoms with E-state index in [9.17, 15) is 18.8 Å². The standard InChI is InChI=1S/C14H12BFO3/c1-7(17)14-12(18)4-8(5-13(14)19)10-3-2-9(16)6-11(10)15/h2-3,6,8,14H,4-5H2,1H3. The van der Waals surface area contributed by atoms with Crippen molar-refractivity contribution in [2.24, 2.45) is 5.92 Å². The SMILES string of the molecule is [B]c1cc(F)ccc1C1CC(=O)C(C(C)=O)C(=O)C1. The molecule has 1 saturated carbocycles. The Balaban J connectivity index is 2.28. The molecule has 1 aliphatic rings. The highest BCUT2D eigenvalue weighted by atomic mass is 19.1. The molecule has 0 spiro atoms. The molecule has 1 aromatic rings. The largest absolute Gasteiger partial charge is 0.299 e. The van der Waals surface area contributed by atoms with Gasteiger partial charge in [-0.05, 0) is 25.0 Å². The zero-order chi connectivity index (χ0) is 14.2. The Morgan fingerprint density at radius 2 is 1.84 bits per heavy atom. The van der Waals surface area contributed by atoms with Gasteiger partial charge < -0.3 is 0 Å². The molecular weight excluding hydrogens is 246 g/mol. The second-order valence-corrected chi connectivity index (χ2v) is 4.85. The Morgan fingerprint density at radius 3 is 2.32 bits per heavy atom. The fraction of sp³-hybridized carbons (Fsp3) is 0.357. The number of rotatable bonds is 2. The lowest BCUT2D eigenvalue weighted by Gasteiger charge is -2.26. The van der Waals surface area contributed by atoms with Gasteiger partial charge in [0.25, 0.3) is 0 Å². The van der Waals surface area contributed by atoms with Crippen LogP contribution in [-0.4, -0.2) is 25.2 Å². The van der Waals surface area contributed by atoms with Gasteiger partial charge in [0.1, 0.15) is 25.4 Å². The van der Waals surface area contributed by atoms with Gasteiger partial charge in [0.05, 0.1) is 0 Å². The first-order valence-corrected chi connectivity index (χ1v) is 6.01.